The highest BCUT2D eigenvalue weighted by Gasteiger charge is 1.93. The summed E-state index contributed by atoms with van der Waals surface area (Å²) in [5.74, 6) is 0.961. The van der Waals surface area contributed by atoms with Crippen LogP contribution in [-0.4, -0.2) is 13.2 Å². The summed E-state index contributed by atoms with van der Waals surface area (Å²) in [6, 6.07) is 8.16. The lowest BCUT2D eigenvalue weighted by Crippen LogP contribution is -1.97. The summed E-state index contributed by atoms with van der Waals surface area (Å²) in [5.41, 5.74) is 1.26. The molecule has 0 saturated heterocycles. The standard InChI is InChI=1S/C12H19O2P.ClH/c1-11-5-7-12(8-6-11)13-9-3-2-4-10-14-15;/h5-8H,2-4,9-10,15H2,1H3;1H. The quantitative estimate of drug-likeness (QED) is 0.550. The lowest BCUT2D eigenvalue weighted by molar-refractivity contribution is 0.293. The number of rotatable bonds is 7. The first kappa shape index (κ1) is 15.7. The third kappa shape index (κ3) is 7.05. The van der Waals surface area contributed by atoms with Crippen molar-refractivity contribution in [1.82, 2.24) is 0 Å². The van der Waals surface area contributed by atoms with Crippen molar-refractivity contribution in [2.75, 3.05) is 13.2 Å². The molecule has 1 unspecified atom stereocenters. The van der Waals surface area contributed by atoms with Crippen LogP contribution in [0.1, 0.15) is 24.8 Å². The Hall–Kier alpha value is -0.300. The maximum absolute atomic E-state index is 5.60. The van der Waals surface area contributed by atoms with E-state index in [1.165, 1.54) is 5.56 Å². The largest absolute Gasteiger partial charge is 0.494 e. The van der Waals surface area contributed by atoms with E-state index >= 15 is 0 Å². The number of unbranched alkanes of at least 4 members (excludes halogenated alkanes) is 2. The van der Waals surface area contributed by atoms with Gasteiger partial charge < -0.3 is 9.26 Å². The molecule has 92 valence electrons. The zero-order chi connectivity index (χ0) is 10.9. The lowest BCUT2D eigenvalue weighted by atomic mass is 10.2. The molecule has 0 aromatic heterocycles. The monoisotopic (exact) mass is 262 g/mol. The Bertz CT molecular complexity index is 264. The second-order valence-corrected chi connectivity index (χ2v) is 3.93. The minimum absolute atomic E-state index is 0. The maximum atomic E-state index is 5.60. The molecule has 0 spiro atoms. The molecule has 1 aromatic rings. The number of hydrogen-bond donors (Lipinski definition) is 0. The van der Waals surface area contributed by atoms with Crippen molar-refractivity contribution in [2.24, 2.45) is 0 Å². The summed E-state index contributed by atoms with van der Waals surface area (Å²) in [7, 11) is 2.27. The van der Waals surface area contributed by atoms with Gasteiger partial charge in [0.25, 0.3) is 0 Å². The molecule has 4 heteroatoms. The van der Waals surface area contributed by atoms with Crippen LogP contribution in [0, 0.1) is 6.92 Å². The summed E-state index contributed by atoms with van der Waals surface area (Å²) in [5, 5.41) is 0. The lowest BCUT2D eigenvalue weighted by Gasteiger charge is -2.05. The average Bonchev–Trinajstić information content (AvgIpc) is 2.26. The van der Waals surface area contributed by atoms with Crippen molar-refractivity contribution in [3.8, 4) is 5.75 Å². The van der Waals surface area contributed by atoms with Crippen LogP contribution in [0.2, 0.25) is 0 Å². The second kappa shape index (κ2) is 9.89. The van der Waals surface area contributed by atoms with Gasteiger partial charge in [0, 0.05) is 9.47 Å². The van der Waals surface area contributed by atoms with Crippen LogP contribution in [0.4, 0.5) is 0 Å². The van der Waals surface area contributed by atoms with E-state index in [-0.39, 0.29) is 12.4 Å². The van der Waals surface area contributed by atoms with E-state index in [0.29, 0.717) is 0 Å². The van der Waals surface area contributed by atoms with Gasteiger partial charge in [-0.15, -0.1) is 12.4 Å². The van der Waals surface area contributed by atoms with Crippen molar-refractivity contribution in [1.29, 1.82) is 0 Å². The first-order chi connectivity index (χ1) is 7.33. The molecule has 0 amide bonds. The number of benzene rings is 1. The normalized spacial score (nSPS) is 9.62. The Morgan fingerprint density at radius 1 is 1.00 bits per heavy atom. The van der Waals surface area contributed by atoms with E-state index < -0.39 is 0 Å². The number of halogens is 1. The van der Waals surface area contributed by atoms with Gasteiger partial charge >= 0.3 is 0 Å². The van der Waals surface area contributed by atoms with E-state index in [0.717, 1.165) is 38.2 Å². The molecule has 1 rings (SSSR count). The van der Waals surface area contributed by atoms with Crippen LogP contribution in [0.3, 0.4) is 0 Å². The number of aryl methyl sites for hydroxylation is 1. The van der Waals surface area contributed by atoms with Gasteiger partial charge in [0.15, 0.2) is 0 Å². The Balaban J connectivity index is 0.00000225. The molecular weight excluding hydrogens is 243 g/mol. The Kier molecular flexibility index (Phi) is 9.71. The molecular formula is C12H20ClO2P. The highest BCUT2D eigenvalue weighted by atomic mass is 35.5. The first-order valence-corrected chi connectivity index (χ1v) is 5.81. The SMILES string of the molecule is Cc1ccc(OCCCCCOP)cc1.Cl. The van der Waals surface area contributed by atoms with Gasteiger partial charge in [-0.05, 0) is 38.3 Å². The molecule has 0 saturated carbocycles. The van der Waals surface area contributed by atoms with Crippen molar-refractivity contribution < 1.29 is 9.26 Å². The Morgan fingerprint density at radius 3 is 2.25 bits per heavy atom. The van der Waals surface area contributed by atoms with Crippen molar-refractivity contribution in [3.05, 3.63) is 29.8 Å². The van der Waals surface area contributed by atoms with E-state index in [1.54, 1.807) is 0 Å². The molecule has 1 aromatic carbocycles. The molecule has 0 N–H and O–H groups in total. The maximum Gasteiger partial charge on any atom is 0.119 e. The van der Waals surface area contributed by atoms with Crippen molar-refractivity contribution >= 4 is 21.9 Å². The minimum Gasteiger partial charge on any atom is -0.494 e. The number of hydrogen-bond acceptors (Lipinski definition) is 2. The fraction of sp³-hybridized carbons (Fsp3) is 0.500. The van der Waals surface area contributed by atoms with E-state index in [2.05, 4.69) is 28.5 Å². The van der Waals surface area contributed by atoms with Gasteiger partial charge in [0.1, 0.15) is 5.75 Å². The highest BCUT2D eigenvalue weighted by molar-refractivity contribution is 7.09. The number of ether oxygens (including phenoxy) is 1. The predicted octanol–water partition coefficient (Wildman–Crippen LogP) is 3.77. The van der Waals surface area contributed by atoms with Gasteiger partial charge in [-0.25, -0.2) is 0 Å². The molecule has 16 heavy (non-hydrogen) atoms. The topological polar surface area (TPSA) is 18.5 Å². The molecule has 0 aliphatic carbocycles. The smallest absolute Gasteiger partial charge is 0.119 e. The van der Waals surface area contributed by atoms with Gasteiger partial charge in [-0.2, -0.15) is 0 Å². The molecule has 2 nitrogen and oxygen atoms in total. The van der Waals surface area contributed by atoms with E-state index in [4.69, 9.17) is 9.26 Å². The summed E-state index contributed by atoms with van der Waals surface area (Å²) in [4.78, 5) is 0. The van der Waals surface area contributed by atoms with Gasteiger partial charge in [0.05, 0.1) is 13.2 Å². The zero-order valence-corrected chi connectivity index (χ0v) is 11.6. The highest BCUT2D eigenvalue weighted by Crippen LogP contribution is 2.12. The van der Waals surface area contributed by atoms with Crippen LogP contribution in [0.25, 0.3) is 0 Å². The Labute approximate surface area is 106 Å². The predicted molar refractivity (Wildman–Crippen MR) is 73.4 cm³/mol. The first-order valence-electron chi connectivity index (χ1n) is 5.34. The van der Waals surface area contributed by atoms with Gasteiger partial charge in [-0.3, -0.25) is 0 Å². The van der Waals surface area contributed by atoms with Gasteiger partial charge in [0.2, 0.25) is 0 Å². The second-order valence-electron chi connectivity index (χ2n) is 3.59. The Morgan fingerprint density at radius 2 is 1.62 bits per heavy atom. The fourth-order valence-corrected chi connectivity index (χ4v) is 1.46. The zero-order valence-electron chi connectivity index (χ0n) is 9.65. The van der Waals surface area contributed by atoms with E-state index in [1.807, 2.05) is 12.1 Å². The molecule has 0 radical (unpaired) electrons. The minimum atomic E-state index is 0. The summed E-state index contributed by atoms with van der Waals surface area (Å²) >= 11 is 0. The molecule has 0 heterocycles. The van der Waals surface area contributed by atoms with E-state index in [9.17, 15) is 0 Å². The average molecular weight is 263 g/mol. The molecule has 0 aliphatic heterocycles. The molecule has 0 fully saturated rings. The summed E-state index contributed by atoms with van der Waals surface area (Å²) in [6.45, 7) is 3.68. The summed E-state index contributed by atoms with van der Waals surface area (Å²) in [6.07, 6.45) is 3.34. The summed E-state index contributed by atoms with van der Waals surface area (Å²) < 4.78 is 10.5. The van der Waals surface area contributed by atoms with Crippen LogP contribution in [0.5, 0.6) is 5.75 Å². The third-order valence-electron chi connectivity index (χ3n) is 2.20. The molecule has 1 atom stereocenters. The third-order valence-corrected chi connectivity index (χ3v) is 2.43. The molecule has 0 bridgehead atoms. The van der Waals surface area contributed by atoms with Crippen LogP contribution in [0.15, 0.2) is 24.3 Å². The van der Waals surface area contributed by atoms with Gasteiger partial charge in [-0.1, -0.05) is 17.7 Å². The van der Waals surface area contributed by atoms with Crippen molar-refractivity contribution in [2.45, 2.75) is 26.2 Å². The van der Waals surface area contributed by atoms with Crippen LogP contribution >= 0.6 is 21.9 Å². The van der Waals surface area contributed by atoms with Crippen molar-refractivity contribution in [3.63, 3.8) is 0 Å². The van der Waals surface area contributed by atoms with Crippen LogP contribution < -0.4 is 4.74 Å². The molecule has 0 aliphatic rings. The fourth-order valence-electron chi connectivity index (χ4n) is 1.29. The van der Waals surface area contributed by atoms with Crippen LogP contribution in [-0.2, 0) is 4.52 Å².